The lowest BCUT2D eigenvalue weighted by Crippen LogP contribution is -1.93. The van der Waals surface area contributed by atoms with Gasteiger partial charge in [-0.2, -0.15) is 0 Å². The molecule has 0 N–H and O–H groups in total. The molecule has 3 aromatic heterocycles. The molecule has 0 saturated carbocycles. The summed E-state index contributed by atoms with van der Waals surface area (Å²) in [6.45, 7) is 0. The molecule has 3 nitrogen and oxygen atoms in total. The minimum absolute atomic E-state index is 0.899. The molecular weight excluding hydrogens is 703 g/mol. The van der Waals surface area contributed by atoms with E-state index in [0.717, 1.165) is 88.9 Å². The Bertz CT molecular complexity index is 3300. The van der Waals surface area contributed by atoms with Gasteiger partial charge in [-0.15, -0.1) is 0 Å². The number of hydrogen-bond donors (Lipinski definition) is 0. The zero-order chi connectivity index (χ0) is 38.4. The van der Waals surface area contributed by atoms with Crippen LogP contribution in [0.15, 0.2) is 212 Å². The van der Waals surface area contributed by atoms with E-state index >= 15 is 0 Å². The van der Waals surface area contributed by atoms with E-state index in [1.54, 1.807) is 0 Å². The molecule has 0 saturated heterocycles. The molecule has 0 spiro atoms. The second-order valence-electron chi connectivity index (χ2n) is 14.8. The first-order chi connectivity index (χ1) is 28.7. The summed E-state index contributed by atoms with van der Waals surface area (Å²) in [4.78, 5) is 15.7. The number of aromatic nitrogens is 3. The molecule has 0 bridgehead atoms. The van der Waals surface area contributed by atoms with E-state index in [9.17, 15) is 0 Å². The lowest BCUT2D eigenvalue weighted by molar-refractivity contribution is 1.36. The largest absolute Gasteiger partial charge is 0.248 e. The molecule has 11 aromatic rings. The standard InChI is InChI=1S/C55H35N3/c1-4-14-39(15-5-1)49-30-28-44-34-47(46-29-32-50(40-16-6-2-7-17-40)58-55(46)54(44)57-49)38-25-23-36(24-26-38)42-20-12-21-43(33-42)48-35-52(41-18-8-3-9-19-41)56-51-31-27-37-13-10-11-22-45(37)53(48)51/h1-35H. The SMILES string of the molecule is c1ccc(-c2cc(-c3cccc(-c4ccc(-c5cc6ccc(-c7ccccc7)nc6c6nc(-c7ccccc7)ccc56)cc4)c3)c3c(ccc4ccccc43)n2)cc1. The van der Waals surface area contributed by atoms with Crippen LogP contribution in [0.25, 0.3) is 111 Å². The van der Waals surface area contributed by atoms with Crippen molar-refractivity contribution in [3.63, 3.8) is 0 Å². The Morgan fingerprint density at radius 1 is 0.259 bits per heavy atom. The normalized spacial score (nSPS) is 11.4. The predicted molar refractivity (Wildman–Crippen MR) is 242 cm³/mol. The van der Waals surface area contributed by atoms with Gasteiger partial charge in [-0.1, -0.05) is 170 Å². The van der Waals surface area contributed by atoms with Crippen molar-refractivity contribution in [3.8, 4) is 67.2 Å². The monoisotopic (exact) mass is 737 g/mol. The maximum absolute atomic E-state index is 5.30. The molecular formula is C55H35N3. The van der Waals surface area contributed by atoms with Gasteiger partial charge in [0.05, 0.1) is 33.6 Å². The predicted octanol–water partition coefficient (Wildman–Crippen LogP) is 14.5. The number of pyridine rings is 3. The molecule has 0 radical (unpaired) electrons. The van der Waals surface area contributed by atoms with Crippen molar-refractivity contribution in [1.82, 2.24) is 15.0 Å². The van der Waals surface area contributed by atoms with Crippen LogP contribution < -0.4 is 0 Å². The molecule has 58 heavy (non-hydrogen) atoms. The van der Waals surface area contributed by atoms with Crippen LogP contribution in [0.1, 0.15) is 0 Å². The first-order valence-electron chi connectivity index (χ1n) is 19.7. The number of nitrogens with zero attached hydrogens (tertiary/aromatic N) is 3. The van der Waals surface area contributed by atoms with Crippen LogP contribution in [0.2, 0.25) is 0 Å². The fourth-order valence-corrected chi connectivity index (χ4v) is 8.34. The van der Waals surface area contributed by atoms with Crippen LogP contribution in [0, 0.1) is 0 Å². The molecule has 0 aliphatic carbocycles. The maximum Gasteiger partial charge on any atom is 0.0978 e. The van der Waals surface area contributed by atoms with Crippen molar-refractivity contribution in [1.29, 1.82) is 0 Å². The number of fused-ring (bicyclic) bond motifs is 6. The van der Waals surface area contributed by atoms with Gasteiger partial charge in [-0.3, -0.25) is 0 Å². The van der Waals surface area contributed by atoms with Gasteiger partial charge in [-0.25, -0.2) is 15.0 Å². The van der Waals surface area contributed by atoms with Gasteiger partial charge < -0.3 is 0 Å². The lowest BCUT2D eigenvalue weighted by atomic mass is 9.92. The molecule has 0 fully saturated rings. The summed E-state index contributed by atoms with van der Waals surface area (Å²) >= 11 is 0. The van der Waals surface area contributed by atoms with Crippen LogP contribution in [-0.4, -0.2) is 15.0 Å². The van der Waals surface area contributed by atoms with Gasteiger partial charge in [0.2, 0.25) is 0 Å². The Balaban J connectivity index is 1.03. The summed E-state index contributed by atoms with van der Waals surface area (Å²) < 4.78 is 0. The third-order valence-electron chi connectivity index (χ3n) is 11.2. The summed E-state index contributed by atoms with van der Waals surface area (Å²) in [6.07, 6.45) is 0. The van der Waals surface area contributed by atoms with Gasteiger partial charge in [0.1, 0.15) is 0 Å². The van der Waals surface area contributed by atoms with E-state index in [-0.39, 0.29) is 0 Å². The molecule has 8 aromatic carbocycles. The first-order valence-corrected chi connectivity index (χ1v) is 19.7. The highest BCUT2D eigenvalue weighted by Gasteiger charge is 2.16. The Morgan fingerprint density at radius 2 is 0.828 bits per heavy atom. The molecule has 0 unspecified atom stereocenters. The van der Waals surface area contributed by atoms with E-state index in [1.807, 2.05) is 18.2 Å². The average Bonchev–Trinajstić information content (AvgIpc) is 3.31. The summed E-state index contributed by atoms with van der Waals surface area (Å²) in [5.74, 6) is 0. The average molecular weight is 738 g/mol. The fourth-order valence-electron chi connectivity index (χ4n) is 8.34. The zero-order valence-electron chi connectivity index (χ0n) is 31.5. The Kier molecular flexibility index (Phi) is 8.15. The van der Waals surface area contributed by atoms with E-state index in [1.165, 1.54) is 21.7 Å². The molecule has 3 heterocycles. The van der Waals surface area contributed by atoms with Gasteiger partial charge in [0, 0.05) is 32.8 Å². The van der Waals surface area contributed by atoms with Crippen molar-refractivity contribution >= 4 is 43.5 Å². The van der Waals surface area contributed by atoms with Crippen LogP contribution >= 0.6 is 0 Å². The topological polar surface area (TPSA) is 38.7 Å². The maximum atomic E-state index is 5.30. The molecule has 0 aliphatic rings. The molecule has 0 amide bonds. The van der Waals surface area contributed by atoms with Gasteiger partial charge >= 0.3 is 0 Å². The zero-order valence-corrected chi connectivity index (χ0v) is 31.5. The second-order valence-corrected chi connectivity index (χ2v) is 14.8. The van der Waals surface area contributed by atoms with Crippen LogP contribution in [0.5, 0.6) is 0 Å². The third-order valence-corrected chi connectivity index (χ3v) is 11.2. The third kappa shape index (κ3) is 5.98. The van der Waals surface area contributed by atoms with Gasteiger partial charge in [0.25, 0.3) is 0 Å². The lowest BCUT2D eigenvalue weighted by Gasteiger charge is -2.15. The number of hydrogen-bond acceptors (Lipinski definition) is 3. The van der Waals surface area contributed by atoms with Crippen molar-refractivity contribution < 1.29 is 0 Å². The highest BCUT2D eigenvalue weighted by Crippen LogP contribution is 2.40. The molecule has 0 aliphatic heterocycles. The summed E-state index contributed by atoms with van der Waals surface area (Å²) in [6, 6.07) is 75.1. The first kappa shape index (κ1) is 33.6. The second kappa shape index (κ2) is 14.1. The van der Waals surface area contributed by atoms with Crippen molar-refractivity contribution in [2.24, 2.45) is 0 Å². The summed E-state index contributed by atoms with van der Waals surface area (Å²) in [7, 11) is 0. The summed E-state index contributed by atoms with van der Waals surface area (Å²) in [5, 5.41) is 5.71. The van der Waals surface area contributed by atoms with E-state index < -0.39 is 0 Å². The van der Waals surface area contributed by atoms with Crippen LogP contribution in [0.3, 0.4) is 0 Å². The fraction of sp³-hybridized carbons (Fsp3) is 0. The minimum Gasteiger partial charge on any atom is -0.248 e. The smallest absolute Gasteiger partial charge is 0.0978 e. The highest BCUT2D eigenvalue weighted by molar-refractivity contribution is 6.14. The van der Waals surface area contributed by atoms with E-state index in [4.69, 9.17) is 15.0 Å². The van der Waals surface area contributed by atoms with Crippen molar-refractivity contribution in [2.45, 2.75) is 0 Å². The molecule has 270 valence electrons. The van der Waals surface area contributed by atoms with E-state index in [2.05, 4.69) is 194 Å². The number of benzene rings is 8. The summed E-state index contributed by atoms with van der Waals surface area (Å²) in [5.41, 5.74) is 15.8. The number of rotatable bonds is 6. The quantitative estimate of drug-likeness (QED) is 0.160. The Labute approximate surface area is 336 Å². The van der Waals surface area contributed by atoms with Crippen LogP contribution in [0.4, 0.5) is 0 Å². The molecule has 11 rings (SSSR count). The highest BCUT2D eigenvalue weighted by atomic mass is 14.8. The molecule has 3 heteroatoms. The van der Waals surface area contributed by atoms with Gasteiger partial charge in [-0.05, 0) is 86.6 Å². The molecule has 0 atom stereocenters. The minimum atomic E-state index is 0.899. The van der Waals surface area contributed by atoms with Crippen molar-refractivity contribution in [2.75, 3.05) is 0 Å². The van der Waals surface area contributed by atoms with Crippen LogP contribution in [-0.2, 0) is 0 Å². The van der Waals surface area contributed by atoms with Crippen molar-refractivity contribution in [3.05, 3.63) is 212 Å². The van der Waals surface area contributed by atoms with Gasteiger partial charge in [0.15, 0.2) is 0 Å². The van der Waals surface area contributed by atoms with E-state index in [0.29, 0.717) is 0 Å². The Hall–Kier alpha value is -7.75. The Morgan fingerprint density at radius 3 is 1.55 bits per heavy atom.